The second-order valence-corrected chi connectivity index (χ2v) is 3.06. The van der Waals surface area contributed by atoms with Crippen LogP contribution in [-0.4, -0.2) is 28.8 Å². The van der Waals surface area contributed by atoms with Gasteiger partial charge in [0.15, 0.2) is 5.11 Å². The SMILES string of the molecule is O=C1CN(/N=C\c2ccco2)C(=S)N1. The minimum atomic E-state index is -0.147. The first-order valence-corrected chi connectivity index (χ1v) is 4.35. The molecule has 14 heavy (non-hydrogen) atoms. The van der Waals surface area contributed by atoms with E-state index in [1.165, 1.54) is 11.2 Å². The molecule has 1 aromatic heterocycles. The van der Waals surface area contributed by atoms with Crippen LogP contribution in [0.25, 0.3) is 0 Å². The lowest BCUT2D eigenvalue weighted by Crippen LogP contribution is -2.23. The van der Waals surface area contributed by atoms with Gasteiger partial charge in [-0.2, -0.15) is 5.10 Å². The minimum absolute atomic E-state index is 0.147. The highest BCUT2D eigenvalue weighted by atomic mass is 32.1. The fraction of sp³-hybridized carbons (Fsp3) is 0.125. The van der Waals surface area contributed by atoms with E-state index in [1.807, 2.05) is 0 Å². The van der Waals surface area contributed by atoms with E-state index in [9.17, 15) is 4.79 Å². The molecule has 2 rings (SSSR count). The maximum absolute atomic E-state index is 10.9. The van der Waals surface area contributed by atoms with Crippen molar-refractivity contribution in [1.82, 2.24) is 10.3 Å². The Morgan fingerprint density at radius 1 is 1.71 bits per heavy atom. The number of thiocarbonyl (C=S) groups is 1. The fourth-order valence-electron chi connectivity index (χ4n) is 1.02. The van der Waals surface area contributed by atoms with Gasteiger partial charge in [0, 0.05) is 0 Å². The van der Waals surface area contributed by atoms with Crippen LogP contribution in [0.4, 0.5) is 0 Å². The molecule has 1 amide bonds. The van der Waals surface area contributed by atoms with Crippen LogP contribution in [0.1, 0.15) is 5.76 Å². The number of furan rings is 1. The highest BCUT2D eigenvalue weighted by Gasteiger charge is 2.22. The van der Waals surface area contributed by atoms with Crippen molar-refractivity contribution in [2.75, 3.05) is 6.54 Å². The number of carbonyl (C=O) groups is 1. The van der Waals surface area contributed by atoms with E-state index in [4.69, 9.17) is 16.6 Å². The van der Waals surface area contributed by atoms with Crippen LogP contribution in [-0.2, 0) is 4.79 Å². The smallest absolute Gasteiger partial charge is 0.248 e. The zero-order chi connectivity index (χ0) is 9.97. The molecule has 0 unspecified atom stereocenters. The van der Waals surface area contributed by atoms with Gasteiger partial charge in [0.1, 0.15) is 12.3 Å². The van der Waals surface area contributed by atoms with Crippen molar-refractivity contribution in [1.29, 1.82) is 0 Å². The zero-order valence-corrected chi connectivity index (χ0v) is 7.95. The number of hydrogen-bond acceptors (Lipinski definition) is 4. The minimum Gasteiger partial charge on any atom is -0.463 e. The van der Waals surface area contributed by atoms with Crippen molar-refractivity contribution >= 4 is 29.5 Å². The average Bonchev–Trinajstić information content (AvgIpc) is 2.72. The van der Waals surface area contributed by atoms with Crippen LogP contribution in [0.15, 0.2) is 27.9 Å². The molecule has 6 heteroatoms. The summed E-state index contributed by atoms with van der Waals surface area (Å²) in [5, 5.41) is 8.18. The molecule has 72 valence electrons. The van der Waals surface area contributed by atoms with Crippen molar-refractivity contribution in [3.63, 3.8) is 0 Å². The van der Waals surface area contributed by atoms with Crippen LogP contribution in [0.3, 0.4) is 0 Å². The van der Waals surface area contributed by atoms with Gasteiger partial charge in [-0.25, -0.2) is 5.01 Å². The zero-order valence-electron chi connectivity index (χ0n) is 7.14. The largest absolute Gasteiger partial charge is 0.463 e. The van der Waals surface area contributed by atoms with Crippen LogP contribution >= 0.6 is 12.2 Å². The van der Waals surface area contributed by atoms with Gasteiger partial charge in [-0.05, 0) is 24.4 Å². The molecule has 2 heterocycles. The van der Waals surface area contributed by atoms with Crippen LogP contribution in [0, 0.1) is 0 Å². The number of hydrazone groups is 1. The third-order valence-corrected chi connectivity index (χ3v) is 1.95. The van der Waals surface area contributed by atoms with Gasteiger partial charge in [-0.15, -0.1) is 0 Å². The molecule has 0 radical (unpaired) electrons. The molecular formula is C8H7N3O2S. The maximum atomic E-state index is 10.9. The second-order valence-electron chi connectivity index (χ2n) is 2.67. The summed E-state index contributed by atoms with van der Waals surface area (Å²) in [6.07, 6.45) is 3.06. The van der Waals surface area contributed by atoms with Gasteiger partial charge in [0.2, 0.25) is 5.91 Å². The van der Waals surface area contributed by atoms with Gasteiger partial charge in [-0.1, -0.05) is 0 Å². The standard InChI is InChI=1S/C8H7N3O2S/c12-7-5-11(8(14)10-7)9-4-6-2-1-3-13-6/h1-4H,5H2,(H,10,12,14)/b9-4-. The first-order valence-electron chi connectivity index (χ1n) is 3.94. The topological polar surface area (TPSA) is 57.8 Å². The Morgan fingerprint density at radius 3 is 3.14 bits per heavy atom. The van der Waals surface area contributed by atoms with E-state index >= 15 is 0 Å². The Kier molecular flexibility index (Phi) is 2.28. The molecule has 1 saturated heterocycles. The Bertz CT molecular complexity index is 385. The highest BCUT2D eigenvalue weighted by Crippen LogP contribution is 2.01. The van der Waals surface area contributed by atoms with Gasteiger partial charge < -0.3 is 4.42 Å². The van der Waals surface area contributed by atoms with Crippen molar-refractivity contribution in [3.8, 4) is 0 Å². The average molecular weight is 209 g/mol. The number of carbonyl (C=O) groups excluding carboxylic acids is 1. The number of nitrogens with zero attached hydrogens (tertiary/aromatic N) is 2. The quantitative estimate of drug-likeness (QED) is 0.563. The molecule has 1 fully saturated rings. The van der Waals surface area contributed by atoms with Crippen molar-refractivity contribution in [2.45, 2.75) is 0 Å². The third-order valence-electron chi connectivity index (χ3n) is 1.64. The fourth-order valence-corrected chi connectivity index (χ4v) is 1.24. The van der Waals surface area contributed by atoms with Gasteiger partial charge in [0.05, 0.1) is 12.5 Å². The first kappa shape index (κ1) is 8.89. The summed E-state index contributed by atoms with van der Waals surface area (Å²) in [4.78, 5) is 10.9. The Hall–Kier alpha value is -1.69. The molecule has 0 saturated carbocycles. The van der Waals surface area contributed by atoms with E-state index in [2.05, 4.69) is 10.4 Å². The Morgan fingerprint density at radius 2 is 2.57 bits per heavy atom. The molecule has 1 N–H and O–H groups in total. The van der Waals surface area contributed by atoms with Gasteiger partial charge in [0.25, 0.3) is 0 Å². The summed E-state index contributed by atoms with van der Waals surface area (Å²) in [6, 6.07) is 3.52. The summed E-state index contributed by atoms with van der Waals surface area (Å²) in [6.45, 7) is 0.163. The number of hydrogen-bond donors (Lipinski definition) is 1. The monoisotopic (exact) mass is 209 g/mol. The first-order chi connectivity index (χ1) is 6.75. The molecule has 0 aromatic carbocycles. The van der Waals surface area contributed by atoms with E-state index in [-0.39, 0.29) is 12.5 Å². The van der Waals surface area contributed by atoms with E-state index in [1.54, 1.807) is 18.4 Å². The van der Waals surface area contributed by atoms with E-state index in [0.717, 1.165) is 0 Å². The van der Waals surface area contributed by atoms with E-state index < -0.39 is 0 Å². The lowest BCUT2D eigenvalue weighted by Gasteiger charge is -2.05. The molecule has 0 atom stereocenters. The van der Waals surface area contributed by atoms with E-state index in [0.29, 0.717) is 10.9 Å². The summed E-state index contributed by atoms with van der Waals surface area (Å²) in [5.74, 6) is 0.471. The number of rotatable bonds is 2. The molecule has 1 aliphatic rings. The van der Waals surface area contributed by atoms with Crippen LogP contribution < -0.4 is 5.32 Å². The molecule has 1 aliphatic heterocycles. The molecule has 1 aromatic rings. The predicted octanol–water partition coefficient (Wildman–Crippen LogP) is 0.330. The normalized spacial score (nSPS) is 16.7. The van der Waals surface area contributed by atoms with Crippen LogP contribution in [0.5, 0.6) is 0 Å². The maximum Gasteiger partial charge on any atom is 0.248 e. The molecular weight excluding hydrogens is 202 g/mol. The number of amides is 1. The molecule has 0 aliphatic carbocycles. The summed E-state index contributed by atoms with van der Waals surface area (Å²) in [7, 11) is 0. The number of nitrogens with one attached hydrogen (secondary N) is 1. The van der Waals surface area contributed by atoms with Gasteiger partial charge >= 0.3 is 0 Å². The Balaban J connectivity index is 2.04. The van der Waals surface area contributed by atoms with Crippen molar-refractivity contribution in [2.24, 2.45) is 5.10 Å². The molecule has 0 bridgehead atoms. The van der Waals surface area contributed by atoms with Crippen LogP contribution in [0.2, 0.25) is 0 Å². The van der Waals surface area contributed by atoms with Crippen molar-refractivity contribution in [3.05, 3.63) is 24.2 Å². The predicted molar refractivity (Wildman–Crippen MR) is 53.7 cm³/mol. The second kappa shape index (κ2) is 3.59. The molecule has 5 nitrogen and oxygen atoms in total. The summed E-state index contributed by atoms with van der Waals surface area (Å²) < 4.78 is 5.03. The third kappa shape index (κ3) is 1.80. The van der Waals surface area contributed by atoms with Crippen molar-refractivity contribution < 1.29 is 9.21 Å². The van der Waals surface area contributed by atoms with Gasteiger partial charge in [-0.3, -0.25) is 10.1 Å². The lowest BCUT2D eigenvalue weighted by molar-refractivity contribution is -0.118. The lowest BCUT2D eigenvalue weighted by atomic mass is 10.5. The molecule has 0 spiro atoms. The highest BCUT2D eigenvalue weighted by molar-refractivity contribution is 7.80. The summed E-state index contributed by atoms with van der Waals surface area (Å²) in [5.41, 5.74) is 0. The summed E-state index contributed by atoms with van der Waals surface area (Å²) >= 11 is 4.86. The Labute approximate surface area is 85.4 Å².